The fraction of sp³-hybridized carbons (Fsp3) is 0.316. The van der Waals surface area contributed by atoms with E-state index >= 15 is 0 Å². The van der Waals surface area contributed by atoms with E-state index in [9.17, 15) is 5.11 Å². The van der Waals surface area contributed by atoms with E-state index in [0.29, 0.717) is 6.54 Å². The molecule has 126 valence electrons. The normalized spacial score (nSPS) is 12.5. The molecular weight excluding hydrogens is 415 g/mol. The third kappa shape index (κ3) is 4.08. The van der Waals surface area contributed by atoms with E-state index < -0.39 is 6.10 Å². The van der Waals surface area contributed by atoms with Crippen LogP contribution in [0, 0.1) is 3.57 Å². The van der Waals surface area contributed by atoms with Crippen molar-refractivity contribution >= 4 is 33.6 Å². The molecule has 0 aliphatic heterocycles. The number of fused-ring (bicyclic) bond motifs is 1. The maximum absolute atomic E-state index is 10.4. The van der Waals surface area contributed by atoms with Crippen LogP contribution in [0.4, 0.5) is 0 Å². The molecule has 1 atom stereocenters. The predicted molar refractivity (Wildman–Crippen MR) is 104 cm³/mol. The van der Waals surface area contributed by atoms with Crippen molar-refractivity contribution in [3.05, 3.63) is 57.9 Å². The zero-order chi connectivity index (χ0) is 16.9. The molecule has 1 aromatic heterocycles. The molecule has 1 N–H and O–H groups in total. The lowest BCUT2D eigenvalue weighted by Crippen LogP contribution is -2.24. The Labute approximate surface area is 155 Å². The minimum absolute atomic E-state index is 0.263. The Morgan fingerprint density at radius 2 is 1.92 bits per heavy atom. The number of rotatable bonds is 7. The summed E-state index contributed by atoms with van der Waals surface area (Å²) in [6, 6.07) is 15.9. The van der Waals surface area contributed by atoms with E-state index in [1.165, 1.54) is 0 Å². The molecule has 0 fully saturated rings. The van der Waals surface area contributed by atoms with Crippen molar-refractivity contribution in [2.24, 2.45) is 0 Å². The van der Waals surface area contributed by atoms with Gasteiger partial charge < -0.3 is 14.4 Å². The number of halogens is 1. The van der Waals surface area contributed by atoms with Crippen molar-refractivity contribution in [2.75, 3.05) is 6.61 Å². The summed E-state index contributed by atoms with van der Waals surface area (Å²) in [5.41, 5.74) is 2.04. The van der Waals surface area contributed by atoms with E-state index in [1.807, 2.05) is 48.5 Å². The van der Waals surface area contributed by atoms with Crippen LogP contribution in [0.5, 0.6) is 5.75 Å². The predicted octanol–water partition coefficient (Wildman–Crippen LogP) is 4.03. The van der Waals surface area contributed by atoms with Crippen molar-refractivity contribution in [3.63, 3.8) is 0 Å². The SMILES string of the molecule is CCCc1nc2ccccc2n1C[C@H](O)COc1ccc(I)cc1. The molecular formula is C19H21IN2O2. The van der Waals surface area contributed by atoms with Gasteiger partial charge in [-0.05, 0) is 65.4 Å². The smallest absolute Gasteiger partial charge is 0.119 e. The molecule has 0 amide bonds. The Morgan fingerprint density at radius 3 is 2.67 bits per heavy atom. The first kappa shape index (κ1) is 17.2. The topological polar surface area (TPSA) is 47.3 Å². The summed E-state index contributed by atoms with van der Waals surface area (Å²) in [5.74, 6) is 1.80. The zero-order valence-corrected chi connectivity index (χ0v) is 15.8. The number of ether oxygens (including phenoxy) is 1. The second-order valence-corrected chi connectivity index (χ2v) is 7.04. The Balaban J connectivity index is 1.71. The van der Waals surface area contributed by atoms with Crippen LogP contribution in [0.25, 0.3) is 11.0 Å². The van der Waals surface area contributed by atoms with Crippen molar-refractivity contribution in [1.82, 2.24) is 9.55 Å². The van der Waals surface area contributed by atoms with E-state index in [4.69, 9.17) is 9.72 Å². The quantitative estimate of drug-likeness (QED) is 0.569. The lowest BCUT2D eigenvalue weighted by Gasteiger charge is -2.15. The Bertz CT molecular complexity index is 799. The number of aliphatic hydroxyl groups is 1. The number of imidazole rings is 1. The monoisotopic (exact) mass is 436 g/mol. The first-order chi connectivity index (χ1) is 11.7. The highest BCUT2D eigenvalue weighted by Gasteiger charge is 2.14. The van der Waals surface area contributed by atoms with Crippen LogP contribution in [0.2, 0.25) is 0 Å². The molecule has 0 spiro atoms. The maximum Gasteiger partial charge on any atom is 0.119 e. The number of benzene rings is 2. The average Bonchev–Trinajstić information content (AvgIpc) is 2.92. The van der Waals surface area contributed by atoms with E-state index in [-0.39, 0.29) is 6.61 Å². The number of nitrogens with zero attached hydrogens (tertiary/aromatic N) is 2. The average molecular weight is 436 g/mol. The van der Waals surface area contributed by atoms with Crippen LogP contribution in [0.3, 0.4) is 0 Å². The summed E-state index contributed by atoms with van der Waals surface area (Å²) in [7, 11) is 0. The molecule has 2 aromatic carbocycles. The number of aliphatic hydroxyl groups excluding tert-OH is 1. The Kier molecular flexibility index (Phi) is 5.73. The standard InChI is InChI=1S/C19H21IN2O2/c1-2-5-19-21-17-6-3-4-7-18(17)22(19)12-15(23)13-24-16-10-8-14(20)9-11-16/h3-4,6-11,15,23H,2,5,12-13H2,1H3/t15-/m0/s1. The van der Waals surface area contributed by atoms with Gasteiger partial charge in [0.15, 0.2) is 0 Å². The first-order valence-corrected chi connectivity index (χ1v) is 9.26. The van der Waals surface area contributed by atoms with Crippen LogP contribution in [-0.2, 0) is 13.0 Å². The van der Waals surface area contributed by atoms with E-state index in [2.05, 4.69) is 34.1 Å². The summed E-state index contributed by atoms with van der Waals surface area (Å²) in [5, 5.41) is 10.4. The molecule has 3 rings (SSSR count). The van der Waals surface area contributed by atoms with Gasteiger partial charge in [-0.1, -0.05) is 19.1 Å². The molecule has 0 bridgehead atoms. The number of hydrogen-bond acceptors (Lipinski definition) is 3. The highest BCUT2D eigenvalue weighted by Crippen LogP contribution is 2.18. The second-order valence-electron chi connectivity index (χ2n) is 5.80. The fourth-order valence-electron chi connectivity index (χ4n) is 2.73. The summed E-state index contributed by atoms with van der Waals surface area (Å²) in [6.07, 6.45) is 1.34. The summed E-state index contributed by atoms with van der Waals surface area (Å²) < 4.78 is 8.97. The van der Waals surface area contributed by atoms with Gasteiger partial charge in [0.25, 0.3) is 0 Å². The van der Waals surface area contributed by atoms with Gasteiger partial charge in [0.05, 0.1) is 17.6 Å². The van der Waals surface area contributed by atoms with Crippen molar-refractivity contribution in [2.45, 2.75) is 32.4 Å². The van der Waals surface area contributed by atoms with E-state index in [1.54, 1.807) is 0 Å². The minimum atomic E-state index is -0.586. The van der Waals surface area contributed by atoms with Gasteiger partial charge in [-0.2, -0.15) is 0 Å². The molecule has 24 heavy (non-hydrogen) atoms. The van der Waals surface area contributed by atoms with Gasteiger partial charge >= 0.3 is 0 Å². The number of para-hydroxylation sites is 2. The molecule has 0 aliphatic carbocycles. The number of aryl methyl sites for hydroxylation is 1. The van der Waals surface area contributed by atoms with Crippen LogP contribution < -0.4 is 4.74 Å². The largest absolute Gasteiger partial charge is 0.491 e. The van der Waals surface area contributed by atoms with Crippen LogP contribution >= 0.6 is 22.6 Å². The van der Waals surface area contributed by atoms with Crippen molar-refractivity contribution in [3.8, 4) is 5.75 Å². The first-order valence-electron chi connectivity index (χ1n) is 8.18. The van der Waals surface area contributed by atoms with Gasteiger partial charge in [0.2, 0.25) is 0 Å². The molecule has 5 heteroatoms. The van der Waals surface area contributed by atoms with Crippen LogP contribution in [-0.4, -0.2) is 27.4 Å². The molecule has 4 nitrogen and oxygen atoms in total. The van der Waals surface area contributed by atoms with Crippen molar-refractivity contribution < 1.29 is 9.84 Å². The number of aromatic nitrogens is 2. The third-order valence-electron chi connectivity index (χ3n) is 3.86. The van der Waals surface area contributed by atoms with Crippen LogP contribution in [0.15, 0.2) is 48.5 Å². The zero-order valence-electron chi connectivity index (χ0n) is 13.7. The lowest BCUT2D eigenvalue weighted by atomic mass is 10.3. The van der Waals surface area contributed by atoms with Gasteiger partial charge in [-0.3, -0.25) is 0 Å². The molecule has 3 aromatic rings. The molecule has 0 aliphatic rings. The molecule has 0 radical (unpaired) electrons. The summed E-state index contributed by atoms with van der Waals surface area (Å²) in [4.78, 5) is 4.69. The van der Waals surface area contributed by atoms with Gasteiger partial charge in [-0.15, -0.1) is 0 Å². The molecule has 0 saturated heterocycles. The maximum atomic E-state index is 10.4. The highest BCUT2D eigenvalue weighted by molar-refractivity contribution is 14.1. The van der Waals surface area contributed by atoms with E-state index in [0.717, 1.165) is 39.0 Å². The highest BCUT2D eigenvalue weighted by atomic mass is 127. The van der Waals surface area contributed by atoms with Gasteiger partial charge in [-0.25, -0.2) is 4.98 Å². The Morgan fingerprint density at radius 1 is 1.17 bits per heavy atom. The molecule has 1 heterocycles. The molecule has 0 unspecified atom stereocenters. The summed E-state index contributed by atoms with van der Waals surface area (Å²) in [6.45, 7) is 2.89. The Hall–Kier alpha value is -1.60. The summed E-state index contributed by atoms with van der Waals surface area (Å²) >= 11 is 2.26. The van der Waals surface area contributed by atoms with Gasteiger partial charge in [0.1, 0.15) is 24.3 Å². The van der Waals surface area contributed by atoms with Gasteiger partial charge in [0, 0.05) is 9.99 Å². The fourth-order valence-corrected chi connectivity index (χ4v) is 3.09. The van der Waals surface area contributed by atoms with Crippen LogP contribution in [0.1, 0.15) is 19.2 Å². The second kappa shape index (κ2) is 7.98. The lowest BCUT2D eigenvalue weighted by molar-refractivity contribution is 0.0927. The molecule has 0 saturated carbocycles. The number of hydrogen-bond donors (Lipinski definition) is 1. The third-order valence-corrected chi connectivity index (χ3v) is 4.58. The van der Waals surface area contributed by atoms with Crippen molar-refractivity contribution in [1.29, 1.82) is 0 Å². The minimum Gasteiger partial charge on any atom is -0.491 e.